The fraction of sp³-hybridized carbons (Fsp3) is 0. The van der Waals surface area contributed by atoms with Crippen LogP contribution in [0.15, 0.2) is 22.7 Å². The van der Waals surface area contributed by atoms with Gasteiger partial charge in [0.2, 0.25) is 0 Å². The van der Waals surface area contributed by atoms with Gasteiger partial charge in [0.25, 0.3) is 0 Å². The van der Waals surface area contributed by atoms with E-state index in [4.69, 9.17) is 5.73 Å². The molecular formula is C8H5BrFN3S. The maximum absolute atomic E-state index is 13.4. The molecule has 1 aromatic carbocycles. The molecule has 2 aromatic rings. The van der Waals surface area contributed by atoms with Crippen LogP contribution < -0.4 is 5.73 Å². The Morgan fingerprint density at radius 2 is 2.14 bits per heavy atom. The lowest BCUT2D eigenvalue weighted by atomic mass is 10.1. The molecule has 14 heavy (non-hydrogen) atoms. The molecule has 1 heterocycles. The fourth-order valence-corrected chi connectivity index (χ4v) is 1.91. The zero-order chi connectivity index (χ0) is 10.1. The molecule has 0 aliphatic rings. The minimum Gasteiger partial charge on any atom is -0.381 e. The van der Waals surface area contributed by atoms with Gasteiger partial charge in [-0.05, 0) is 18.2 Å². The van der Waals surface area contributed by atoms with Crippen LogP contribution in [0.4, 0.5) is 10.2 Å². The molecule has 0 unspecified atom stereocenters. The van der Waals surface area contributed by atoms with E-state index in [-0.39, 0.29) is 11.6 Å². The van der Waals surface area contributed by atoms with Crippen molar-refractivity contribution < 1.29 is 4.39 Å². The first kappa shape index (κ1) is 9.54. The topological polar surface area (TPSA) is 51.8 Å². The molecule has 0 radical (unpaired) electrons. The molecule has 3 nitrogen and oxygen atoms in total. The van der Waals surface area contributed by atoms with Gasteiger partial charge in [0.15, 0.2) is 5.82 Å². The van der Waals surface area contributed by atoms with Crippen molar-refractivity contribution in [2.24, 2.45) is 0 Å². The van der Waals surface area contributed by atoms with Crippen molar-refractivity contribution in [3.63, 3.8) is 0 Å². The van der Waals surface area contributed by atoms with Crippen molar-refractivity contribution in [3.05, 3.63) is 28.5 Å². The summed E-state index contributed by atoms with van der Waals surface area (Å²) >= 11 is 4.22. The summed E-state index contributed by atoms with van der Waals surface area (Å²) in [5.41, 5.74) is 6.31. The van der Waals surface area contributed by atoms with Crippen molar-refractivity contribution in [2.45, 2.75) is 0 Å². The average molecular weight is 274 g/mol. The fourth-order valence-electron chi connectivity index (χ4n) is 1.06. The van der Waals surface area contributed by atoms with Crippen molar-refractivity contribution in [3.8, 4) is 11.3 Å². The van der Waals surface area contributed by atoms with E-state index in [9.17, 15) is 4.39 Å². The lowest BCUT2D eigenvalue weighted by Crippen LogP contribution is -1.91. The van der Waals surface area contributed by atoms with E-state index in [0.717, 1.165) is 16.2 Å². The minimum atomic E-state index is -0.354. The number of hydrogen-bond donors (Lipinski definition) is 1. The van der Waals surface area contributed by atoms with Gasteiger partial charge in [-0.2, -0.15) is 8.75 Å². The molecule has 2 rings (SSSR count). The number of hydrogen-bond acceptors (Lipinski definition) is 4. The number of halogens is 2. The Kier molecular flexibility index (Phi) is 2.47. The second-order valence-corrected chi connectivity index (χ2v) is 4.07. The van der Waals surface area contributed by atoms with Crippen molar-refractivity contribution in [1.82, 2.24) is 8.75 Å². The third kappa shape index (κ3) is 1.62. The molecular weight excluding hydrogens is 269 g/mol. The van der Waals surface area contributed by atoms with Gasteiger partial charge in [-0.15, -0.1) is 0 Å². The normalized spacial score (nSPS) is 10.4. The highest BCUT2D eigenvalue weighted by Gasteiger charge is 2.12. The lowest BCUT2D eigenvalue weighted by molar-refractivity contribution is 0.630. The predicted molar refractivity (Wildman–Crippen MR) is 57.4 cm³/mol. The molecule has 1 aromatic heterocycles. The summed E-state index contributed by atoms with van der Waals surface area (Å²) in [6.45, 7) is 0. The smallest absolute Gasteiger partial charge is 0.165 e. The third-order valence-corrected chi connectivity index (χ3v) is 2.73. The zero-order valence-electron chi connectivity index (χ0n) is 6.87. The van der Waals surface area contributed by atoms with E-state index in [1.54, 1.807) is 12.1 Å². The second kappa shape index (κ2) is 3.62. The highest BCUT2D eigenvalue weighted by Crippen LogP contribution is 2.28. The molecule has 0 saturated carbocycles. The molecule has 0 saturated heterocycles. The van der Waals surface area contributed by atoms with Crippen LogP contribution in [0.2, 0.25) is 0 Å². The van der Waals surface area contributed by atoms with Gasteiger partial charge >= 0.3 is 0 Å². The van der Waals surface area contributed by atoms with Crippen molar-refractivity contribution >= 4 is 33.5 Å². The molecule has 0 fully saturated rings. The van der Waals surface area contributed by atoms with E-state index in [0.29, 0.717) is 11.3 Å². The van der Waals surface area contributed by atoms with Gasteiger partial charge in [0, 0.05) is 10.0 Å². The van der Waals surface area contributed by atoms with Crippen LogP contribution in [0.3, 0.4) is 0 Å². The number of nitrogens with zero attached hydrogens (tertiary/aromatic N) is 2. The van der Waals surface area contributed by atoms with Crippen LogP contribution in [0, 0.1) is 5.82 Å². The van der Waals surface area contributed by atoms with E-state index in [1.807, 2.05) is 0 Å². The number of nitrogens with two attached hydrogens (primary N) is 1. The minimum absolute atomic E-state index is 0.256. The molecule has 72 valence electrons. The summed E-state index contributed by atoms with van der Waals surface area (Å²) in [6.07, 6.45) is 0. The van der Waals surface area contributed by atoms with Crippen LogP contribution in [0.5, 0.6) is 0 Å². The molecule has 0 atom stereocenters. The summed E-state index contributed by atoms with van der Waals surface area (Å²) < 4.78 is 21.9. The van der Waals surface area contributed by atoms with Crippen molar-refractivity contribution in [2.75, 3.05) is 5.73 Å². The monoisotopic (exact) mass is 273 g/mol. The van der Waals surface area contributed by atoms with Crippen LogP contribution in [-0.4, -0.2) is 8.75 Å². The summed E-state index contributed by atoms with van der Waals surface area (Å²) in [7, 11) is 0. The van der Waals surface area contributed by atoms with Gasteiger partial charge in [-0.3, -0.25) is 0 Å². The first-order valence-corrected chi connectivity index (χ1v) is 5.24. The summed E-state index contributed by atoms with van der Waals surface area (Å²) in [6, 6.07) is 4.61. The Labute approximate surface area is 92.2 Å². The number of rotatable bonds is 1. The van der Waals surface area contributed by atoms with Gasteiger partial charge < -0.3 is 5.73 Å². The van der Waals surface area contributed by atoms with Crippen LogP contribution in [0.25, 0.3) is 11.3 Å². The Balaban J connectivity index is 2.62. The number of benzene rings is 1. The van der Waals surface area contributed by atoms with E-state index >= 15 is 0 Å². The van der Waals surface area contributed by atoms with Gasteiger partial charge in [-0.1, -0.05) is 15.9 Å². The Morgan fingerprint density at radius 1 is 1.36 bits per heavy atom. The summed E-state index contributed by atoms with van der Waals surface area (Å²) in [5.74, 6) is -0.0976. The first-order valence-electron chi connectivity index (χ1n) is 3.72. The van der Waals surface area contributed by atoms with E-state index in [2.05, 4.69) is 24.7 Å². The van der Waals surface area contributed by atoms with E-state index < -0.39 is 0 Å². The first-order chi connectivity index (χ1) is 6.68. The highest BCUT2D eigenvalue weighted by atomic mass is 79.9. The molecule has 0 bridgehead atoms. The Morgan fingerprint density at radius 3 is 2.79 bits per heavy atom. The molecule has 0 amide bonds. The predicted octanol–water partition coefficient (Wildman–Crippen LogP) is 2.69. The zero-order valence-corrected chi connectivity index (χ0v) is 9.27. The number of aromatic nitrogens is 2. The molecule has 0 spiro atoms. The standard InChI is InChI=1S/C8H5BrFN3S/c9-4-1-2-6(10)5(3-4)7-8(11)13-14-12-7/h1-3H,(H2,11,13). The molecule has 6 heteroatoms. The van der Waals surface area contributed by atoms with Gasteiger partial charge in [-0.25, -0.2) is 4.39 Å². The van der Waals surface area contributed by atoms with Gasteiger partial charge in [0.05, 0.1) is 11.7 Å². The van der Waals surface area contributed by atoms with E-state index in [1.165, 1.54) is 6.07 Å². The lowest BCUT2D eigenvalue weighted by Gasteiger charge is -2.00. The molecule has 0 aliphatic carbocycles. The maximum atomic E-state index is 13.4. The molecule has 2 N–H and O–H groups in total. The summed E-state index contributed by atoms with van der Waals surface area (Å²) in [4.78, 5) is 0. The van der Waals surface area contributed by atoms with Gasteiger partial charge in [0.1, 0.15) is 11.5 Å². The number of anilines is 1. The quantitative estimate of drug-likeness (QED) is 0.869. The van der Waals surface area contributed by atoms with Crippen molar-refractivity contribution in [1.29, 1.82) is 0 Å². The largest absolute Gasteiger partial charge is 0.381 e. The maximum Gasteiger partial charge on any atom is 0.165 e. The Bertz CT molecular complexity index is 471. The third-order valence-electron chi connectivity index (χ3n) is 1.70. The summed E-state index contributed by atoms with van der Waals surface area (Å²) in [5, 5.41) is 0. The molecule has 0 aliphatic heterocycles. The SMILES string of the molecule is Nc1nsnc1-c1cc(Br)ccc1F. The average Bonchev–Trinajstić information content (AvgIpc) is 2.56. The van der Waals surface area contributed by atoms with Crippen LogP contribution in [-0.2, 0) is 0 Å². The highest BCUT2D eigenvalue weighted by molar-refractivity contribution is 9.10. The Hall–Kier alpha value is -1.01. The van der Waals surface area contributed by atoms with Crippen LogP contribution in [0.1, 0.15) is 0 Å². The second-order valence-electron chi connectivity index (χ2n) is 2.62. The number of nitrogen functional groups attached to an aromatic ring is 1. The van der Waals surface area contributed by atoms with Crippen LogP contribution >= 0.6 is 27.7 Å².